The van der Waals surface area contributed by atoms with Crippen LogP contribution in [0.15, 0.2) is 35.4 Å². The topological polar surface area (TPSA) is 78.3 Å². The lowest BCUT2D eigenvalue weighted by atomic mass is 9.95. The van der Waals surface area contributed by atoms with E-state index in [-0.39, 0.29) is 18.1 Å². The number of nitrogens with zero attached hydrogens (tertiary/aromatic N) is 4. The molecule has 0 saturated carbocycles. The number of hydrogen-bond donors (Lipinski definition) is 0. The zero-order chi connectivity index (χ0) is 15.5. The molecule has 1 aliphatic heterocycles. The van der Waals surface area contributed by atoms with Crippen molar-refractivity contribution in [2.75, 3.05) is 13.1 Å². The molecule has 1 aromatic rings. The molecule has 1 fully saturated rings. The van der Waals surface area contributed by atoms with Crippen LogP contribution < -0.4 is 0 Å². The van der Waals surface area contributed by atoms with Gasteiger partial charge in [0.05, 0.1) is 6.04 Å². The summed E-state index contributed by atoms with van der Waals surface area (Å²) in [6.45, 7) is 6.39. The van der Waals surface area contributed by atoms with Gasteiger partial charge in [0.2, 0.25) is 0 Å². The number of ether oxygens (including phenoxy) is 1. The minimum absolute atomic E-state index is 0.00891. The Kier molecular flexibility index (Phi) is 4.38. The van der Waals surface area contributed by atoms with Gasteiger partial charge < -0.3 is 9.64 Å². The smallest absolute Gasteiger partial charge is 0.410 e. The third kappa shape index (κ3) is 3.89. The molecule has 0 unspecified atom stereocenters. The largest absolute Gasteiger partial charge is 0.444 e. The molecule has 1 heterocycles. The molecule has 1 amide bonds. The molecule has 2 rings (SSSR count). The zero-order valence-electron chi connectivity index (χ0n) is 12.6. The Hall–Kier alpha value is -2.20. The summed E-state index contributed by atoms with van der Waals surface area (Å²) >= 11 is 0. The summed E-state index contributed by atoms with van der Waals surface area (Å²) in [6, 6.07) is 9.54. The Morgan fingerprint density at radius 2 is 2.00 bits per heavy atom. The molecule has 1 aliphatic rings. The Morgan fingerprint density at radius 3 is 2.57 bits per heavy atom. The van der Waals surface area contributed by atoms with Crippen molar-refractivity contribution in [3.05, 3.63) is 46.3 Å². The van der Waals surface area contributed by atoms with Gasteiger partial charge >= 0.3 is 6.09 Å². The minimum Gasteiger partial charge on any atom is -0.444 e. The number of hydrogen-bond acceptors (Lipinski definition) is 3. The molecule has 0 aliphatic carbocycles. The molecule has 0 bridgehead atoms. The second-order valence-corrected chi connectivity index (χ2v) is 6.17. The molecule has 112 valence electrons. The van der Waals surface area contributed by atoms with Crippen LogP contribution in [0.2, 0.25) is 0 Å². The molecule has 6 heteroatoms. The summed E-state index contributed by atoms with van der Waals surface area (Å²) < 4.78 is 5.38. The highest BCUT2D eigenvalue weighted by molar-refractivity contribution is 5.69. The van der Waals surface area contributed by atoms with Gasteiger partial charge in [0.15, 0.2) is 0 Å². The van der Waals surface area contributed by atoms with E-state index in [1.165, 1.54) is 0 Å². The molecule has 2 atom stereocenters. The molecule has 1 aromatic carbocycles. The average Bonchev–Trinajstić information content (AvgIpc) is 2.82. The molecule has 0 radical (unpaired) electrons. The second kappa shape index (κ2) is 6.06. The Labute approximate surface area is 124 Å². The van der Waals surface area contributed by atoms with E-state index < -0.39 is 5.60 Å². The maximum atomic E-state index is 12.2. The molecule has 21 heavy (non-hydrogen) atoms. The van der Waals surface area contributed by atoms with Gasteiger partial charge in [-0.2, -0.15) is 0 Å². The van der Waals surface area contributed by atoms with E-state index in [4.69, 9.17) is 10.3 Å². The van der Waals surface area contributed by atoms with E-state index in [1.807, 2.05) is 51.1 Å². The van der Waals surface area contributed by atoms with Crippen molar-refractivity contribution in [3.8, 4) is 0 Å². The quantitative estimate of drug-likeness (QED) is 0.472. The van der Waals surface area contributed by atoms with Crippen molar-refractivity contribution < 1.29 is 9.53 Å². The second-order valence-electron chi connectivity index (χ2n) is 6.17. The molecular formula is C15H20N4O2. The molecule has 0 N–H and O–H groups in total. The van der Waals surface area contributed by atoms with Crippen molar-refractivity contribution in [1.82, 2.24) is 4.90 Å². The van der Waals surface area contributed by atoms with E-state index in [0.29, 0.717) is 13.1 Å². The first kappa shape index (κ1) is 15.2. The third-order valence-electron chi connectivity index (χ3n) is 3.37. The first-order valence-corrected chi connectivity index (χ1v) is 6.98. The summed E-state index contributed by atoms with van der Waals surface area (Å²) in [5, 5.41) is 3.84. The highest BCUT2D eigenvalue weighted by Crippen LogP contribution is 2.30. The number of amides is 1. The fourth-order valence-electron chi connectivity index (χ4n) is 2.47. The van der Waals surface area contributed by atoms with Gasteiger partial charge in [0.25, 0.3) is 0 Å². The number of carbonyl (C=O) groups excluding carboxylic acids is 1. The van der Waals surface area contributed by atoms with E-state index >= 15 is 0 Å². The molecular weight excluding hydrogens is 268 g/mol. The van der Waals surface area contributed by atoms with Crippen molar-refractivity contribution >= 4 is 6.09 Å². The standard InChI is InChI=1S/C15H20N4O2/c1-15(2,3)21-14(20)19-9-12(13(10-19)17-18-16)11-7-5-4-6-8-11/h4-8,12-13H,9-10H2,1-3H3/t12-,13-/m1/s1. The highest BCUT2D eigenvalue weighted by atomic mass is 16.6. The highest BCUT2D eigenvalue weighted by Gasteiger charge is 2.37. The summed E-state index contributed by atoms with van der Waals surface area (Å²) in [5.41, 5.74) is 9.26. The van der Waals surface area contributed by atoms with Gasteiger partial charge in [-0.3, -0.25) is 0 Å². The van der Waals surface area contributed by atoms with Crippen LogP contribution in [0.25, 0.3) is 10.4 Å². The lowest BCUT2D eigenvalue weighted by molar-refractivity contribution is 0.0290. The van der Waals surface area contributed by atoms with Crippen molar-refractivity contribution in [2.24, 2.45) is 5.11 Å². The number of azide groups is 1. The first-order chi connectivity index (χ1) is 9.90. The van der Waals surface area contributed by atoms with Crippen LogP contribution in [-0.4, -0.2) is 35.7 Å². The third-order valence-corrected chi connectivity index (χ3v) is 3.37. The SMILES string of the molecule is CC(C)(C)OC(=O)N1C[C@H](c2ccccc2)[C@H](N=[N+]=[N-])C1. The number of rotatable bonds is 2. The first-order valence-electron chi connectivity index (χ1n) is 6.98. The lowest BCUT2D eigenvalue weighted by Crippen LogP contribution is -2.35. The Morgan fingerprint density at radius 1 is 1.33 bits per heavy atom. The fraction of sp³-hybridized carbons (Fsp3) is 0.533. The number of benzene rings is 1. The van der Waals surface area contributed by atoms with Crippen molar-refractivity contribution in [3.63, 3.8) is 0 Å². The van der Waals surface area contributed by atoms with E-state index in [1.54, 1.807) is 4.90 Å². The van der Waals surface area contributed by atoms with Crippen LogP contribution in [0.1, 0.15) is 32.3 Å². The summed E-state index contributed by atoms with van der Waals surface area (Å²) in [4.78, 5) is 16.7. The van der Waals surface area contributed by atoms with E-state index in [0.717, 1.165) is 5.56 Å². The fourth-order valence-corrected chi connectivity index (χ4v) is 2.47. The van der Waals surface area contributed by atoms with Gasteiger partial charge in [0, 0.05) is 23.9 Å². The van der Waals surface area contributed by atoms with Gasteiger partial charge in [-0.25, -0.2) is 4.79 Å². The van der Waals surface area contributed by atoms with Crippen LogP contribution in [0.5, 0.6) is 0 Å². The lowest BCUT2D eigenvalue weighted by Gasteiger charge is -2.24. The van der Waals surface area contributed by atoms with Gasteiger partial charge in [0.1, 0.15) is 5.60 Å². The number of carbonyl (C=O) groups is 1. The molecule has 0 aromatic heterocycles. The van der Waals surface area contributed by atoms with E-state index in [2.05, 4.69) is 10.0 Å². The molecule has 1 saturated heterocycles. The molecule has 0 spiro atoms. The van der Waals surface area contributed by atoms with Crippen LogP contribution >= 0.6 is 0 Å². The Balaban J connectivity index is 2.16. The van der Waals surface area contributed by atoms with Crippen molar-refractivity contribution in [2.45, 2.75) is 38.3 Å². The maximum absolute atomic E-state index is 12.2. The summed E-state index contributed by atoms with van der Waals surface area (Å²) in [7, 11) is 0. The zero-order valence-corrected chi connectivity index (χ0v) is 12.6. The predicted molar refractivity (Wildman–Crippen MR) is 79.9 cm³/mol. The molecule has 6 nitrogen and oxygen atoms in total. The number of likely N-dealkylation sites (tertiary alicyclic amines) is 1. The van der Waals surface area contributed by atoms with E-state index in [9.17, 15) is 4.79 Å². The van der Waals surface area contributed by atoms with Crippen LogP contribution in [-0.2, 0) is 4.74 Å². The minimum atomic E-state index is -0.532. The predicted octanol–water partition coefficient (Wildman–Crippen LogP) is 3.70. The van der Waals surface area contributed by atoms with Crippen LogP contribution in [0.4, 0.5) is 4.79 Å². The van der Waals surface area contributed by atoms with Crippen LogP contribution in [0, 0.1) is 0 Å². The van der Waals surface area contributed by atoms with Gasteiger partial charge in [-0.15, -0.1) is 0 Å². The average molecular weight is 288 g/mol. The van der Waals surface area contributed by atoms with Gasteiger partial charge in [-0.05, 0) is 31.9 Å². The summed E-state index contributed by atoms with van der Waals surface area (Å²) in [5.74, 6) is 0.00891. The maximum Gasteiger partial charge on any atom is 0.410 e. The summed E-state index contributed by atoms with van der Waals surface area (Å²) in [6.07, 6.45) is -0.362. The van der Waals surface area contributed by atoms with Crippen molar-refractivity contribution in [1.29, 1.82) is 0 Å². The Bertz CT molecular complexity index is 547. The monoisotopic (exact) mass is 288 g/mol. The van der Waals surface area contributed by atoms with Crippen LogP contribution in [0.3, 0.4) is 0 Å². The normalized spacial score (nSPS) is 21.8. The van der Waals surface area contributed by atoms with Gasteiger partial charge in [-0.1, -0.05) is 35.4 Å².